The predicted molar refractivity (Wildman–Crippen MR) is 73.5 cm³/mol. The molecule has 2 heterocycles. The second kappa shape index (κ2) is 6.38. The van der Waals surface area contributed by atoms with Crippen LogP contribution >= 0.6 is 23.7 Å². The third-order valence-corrected chi connectivity index (χ3v) is 3.94. The van der Waals surface area contributed by atoms with Crippen molar-refractivity contribution in [2.24, 2.45) is 11.7 Å². The van der Waals surface area contributed by atoms with Crippen LogP contribution in [0.1, 0.15) is 31.4 Å². The van der Waals surface area contributed by atoms with E-state index in [1.54, 1.807) is 11.3 Å². The van der Waals surface area contributed by atoms with Gasteiger partial charge in [0.2, 0.25) is 5.91 Å². The van der Waals surface area contributed by atoms with Crippen molar-refractivity contribution in [3.63, 3.8) is 0 Å². The van der Waals surface area contributed by atoms with Gasteiger partial charge in [-0.15, -0.1) is 12.4 Å². The third-order valence-electron chi connectivity index (χ3n) is 3.24. The molecule has 2 N–H and O–H groups in total. The van der Waals surface area contributed by atoms with Crippen molar-refractivity contribution in [1.29, 1.82) is 0 Å². The van der Waals surface area contributed by atoms with E-state index in [9.17, 15) is 4.79 Å². The maximum Gasteiger partial charge on any atom is 0.227 e. The number of carbonyl (C=O) groups is 1. The van der Waals surface area contributed by atoms with Gasteiger partial charge in [-0.1, -0.05) is 6.92 Å². The summed E-state index contributed by atoms with van der Waals surface area (Å²) in [5, 5.41) is 4.21. The molecule has 2 unspecified atom stereocenters. The lowest BCUT2D eigenvalue weighted by molar-refractivity contribution is -0.135. The summed E-state index contributed by atoms with van der Waals surface area (Å²) in [6.07, 6.45) is 2.18. The van der Waals surface area contributed by atoms with E-state index in [4.69, 9.17) is 5.73 Å². The fraction of sp³-hybridized carbons (Fsp3) is 0.583. The second-order valence-electron chi connectivity index (χ2n) is 4.38. The van der Waals surface area contributed by atoms with Crippen LogP contribution in [0.25, 0.3) is 0 Å². The Bertz CT molecular complexity index is 355. The van der Waals surface area contributed by atoms with Crippen molar-refractivity contribution in [1.82, 2.24) is 4.90 Å². The number of nitrogens with zero attached hydrogens (tertiary/aromatic N) is 1. The molecule has 2 rings (SSSR count). The molecule has 1 fully saturated rings. The van der Waals surface area contributed by atoms with Gasteiger partial charge < -0.3 is 10.6 Å². The van der Waals surface area contributed by atoms with Crippen molar-refractivity contribution in [3.05, 3.63) is 22.4 Å². The highest BCUT2D eigenvalue weighted by Gasteiger charge is 2.31. The van der Waals surface area contributed by atoms with Crippen LogP contribution in [0.15, 0.2) is 16.8 Å². The van der Waals surface area contributed by atoms with Gasteiger partial charge in [0.05, 0.1) is 6.04 Å². The Labute approximate surface area is 112 Å². The Morgan fingerprint density at radius 1 is 1.71 bits per heavy atom. The molecule has 1 aliphatic heterocycles. The number of nitrogens with two attached hydrogens (primary N) is 1. The Kier molecular flexibility index (Phi) is 5.43. The number of amides is 1. The average molecular weight is 275 g/mol. The monoisotopic (exact) mass is 274 g/mol. The lowest BCUT2D eigenvalue weighted by atomic mass is 10.1. The minimum Gasteiger partial charge on any atom is -0.335 e. The molecule has 5 heteroatoms. The highest BCUT2D eigenvalue weighted by atomic mass is 35.5. The first-order chi connectivity index (χ1) is 7.74. The normalized spacial score (nSPS) is 21.1. The Morgan fingerprint density at radius 3 is 3.06 bits per heavy atom. The minimum absolute atomic E-state index is 0. The first kappa shape index (κ1) is 14.5. The number of likely N-dealkylation sites (tertiary alicyclic amines) is 1. The molecule has 1 aromatic rings. The summed E-state index contributed by atoms with van der Waals surface area (Å²) in [6, 6.07) is 2.40. The van der Waals surface area contributed by atoms with Crippen molar-refractivity contribution in [2.75, 3.05) is 13.1 Å². The Hall–Kier alpha value is -0.580. The van der Waals surface area contributed by atoms with Gasteiger partial charge in [0, 0.05) is 19.0 Å². The van der Waals surface area contributed by atoms with E-state index in [-0.39, 0.29) is 30.3 Å². The predicted octanol–water partition coefficient (Wildman–Crippen LogP) is 2.43. The van der Waals surface area contributed by atoms with Crippen LogP contribution in [0, 0.1) is 5.92 Å². The maximum atomic E-state index is 12.1. The van der Waals surface area contributed by atoms with Crippen molar-refractivity contribution in [2.45, 2.75) is 25.8 Å². The van der Waals surface area contributed by atoms with E-state index < -0.39 is 0 Å². The molecular weight excluding hydrogens is 256 g/mol. The zero-order valence-electron chi connectivity index (χ0n) is 9.96. The zero-order valence-corrected chi connectivity index (χ0v) is 11.6. The molecule has 17 heavy (non-hydrogen) atoms. The van der Waals surface area contributed by atoms with Gasteiger partial charge in [0.15, 0.2) is 0 Å². The van der Waals surface area contributed by atoms with Crippen molar-refractivity contribution in [3.8, 4) is 0 Å². The van der Waals surface area contributed by atoms with Gasteiger partial charge in [-0.05, 0) is 35.2 Å². The highest BCUT2D eigenvalue weighted by Crippen LogP contribution is 2.33. The SMILES string of the molecule is CC(CN)C(=O)N1CCCC1c1ccsc1.Cl. The Balaban J connectivity index is 0.00000144. The van der Waals surface area contributed by atoms with Gasteiger partial charge in [-0.3, -0.25) is 4.79 Å². The molecule has 1 aliphatic rings. The van der Waals surface area contributed by atoms with Crippen LogP contribution in [0.4, 0.5) is 0 Å². The molecule has 1 saturated heterocycles. The quantitative estimate of drug-likeness (QED) is 0.920. The van der Waals surface area contributed by atoms with E-state index >= 15 is 0 Å². The van der Waals surface area contributed by atoms with Crippen molar-refractivity contribution < 1.29 is 4.79 Å². The fourth-order valence-electron chi connectivity index (χ4n) is 2.23. The third kappa shape index (κ3) is 3.00. The molecule has 1 aromatic heterocycles. The summed E-state index contributed by atoms with van der Waals surface area (Å²) >= 11 is 1.69. The van der Waals surface area contributed by atoms with E-state index in [2.05, 4.69) is 16.8 Å². The molecule has 0 bridgehead atoms. The van der Waals surface area contributed by atoms with Gasteiger partial charge in [0.1, 0.15) is 0 Å². The van der Waals surface area contributed by atoms with Crippen LogP contribution in [0.5, 0.6) is 0 Å². The summed E-state index contributed by atoms with van der Waals surface area (Å²) in [5.41, 5.74) is 6.84. The van der Waals surface area contributed by atoms with Crippen LogP contribution in [0.2, 0.25) is 0 Å². The van der Waals surface area contributed by atoms with Crippen LogP contribution in [0.3, 0.4) is 0 Å². The lowest BCUT2D eigenvalue weighted by Gasteiger charge is -2.26. The lowest BCUT2D eigenvalue weighted by Crippen LogP contribution is -2.37. The zero-order chi connectivity index (χ0) is 11.5. The standard InChI is InChI=1S/C12H18N2OS.ClH/c1-9(7-13)12(15)14-5-2-3-11(14)10-4-6-16-8-10;/h4,6,8-9,11H,2-3,5,7,13H2,1H3;1H. The first-order valence-corrected chi connectivity index (χ1v) is 6.71. The molecular formula is C12H19ClN2OS. The van der Waals surface area contributed by atoms with Crippen molar-refractivity contribution >= 4 is 29.7 Å². The Morgan fingerprint density at radius 2 is 2.47 bits per heavy atom. The fourth-order valence-corrected chi connectivity index (χ4v) is 2.93. The maximum absolute atomic E-state index is 12.1. The van der Waals surface area contributed by atoms with Gasteiger partial charge in [-0.2, -0.15) is 11.3 Å². The number of thiophene rings is 1. The summed E-state index contributed by atoms with van der Waals surface area (Å²) in [7, 11) is 0. The summed E-state index contributed by atoms with van der Waals surface area (Å²) < 4.78 is 0. The molecule has 0 aromatic carbocycles. The van der Waals surface area contributed by atoms with Gasteiger partial charge >= 0.3 is 0 Å². The summed E-state index contributed by atoms with van der Waals surface area (Å²) in [5.74, 6) is 0.149. The molecule has 3 nitrogen and oxygen atoms in total. The smallest absolute Gasteiger partial charge is 0.227 e. The van der Waals surface area contributed by atoms with Crippen LogP contribution in [-0.4, -0.2) is 23.9 Å². The van der Waals surface area contributed by atoms with Gasteiger partial charge in [-0.25, -0.2) is 0 Å². The summed E-state index contributed by atoms with van der Waals surface area (Å²) in [6.45, 7) is 3.22. The minimum atomic E-state index is -0.0563. The topological polar surface area (TPSA) is 46.3 Å². The number of hydrogen-bond donors (Lipinski definition) is 1. The largest absolute Gasteiger partial charge is 0.335 e. The summed E-state index contributed by atoms with van der Waals surface area (Å²) in [4.78, 5) is 14.1. The second-order valence-corrected chi connectivity index (χ2v) is 5.16. The van der Waals surface area contributed by atoms with E-state index in [1.807, 2.05) is 11.8 Å². The highest BCUT2D eigenvalue weighted by molar-refractivity contribution is 7.07. The first-order valence-electron chi connectivity index (χ1n) is 5.76. The van der Waals surface area contributed by atoms with Gasteiger partial charge in [0.25, 0.3) is 0 Å². The van der Waals surface area contributed by atoms with Crippen LogP contribution in [-0.2, 0) is 4.79 Å². The van der Waals surface area contributed by atoms with E-state index in [0.29, 0.717) is 6.54 Å². The number of halogens is 1. The van der Waals surface area contributed by atoms with E-state index in [0.717, 1.165) is 19.4 Å². The molecule has 96 valence electrons. The molecule has 0 aliphatic carbocycles. The molecule has 2 atom stereocenters. The van der Waals surface area contributed by atoms with Crippen LogP contribution < -0.4 is 5.73 Å². The molecule has 1 amide bonds. The molecule has 0 radical (unpaired) electrons. The molecule has 0 saturated carbocycles. The average Bonchev–Trinajstić information content (AvgIpc) is 2.95. The number of carbonyl (C=O) groups excluding carboxylic acids is 1. The van der Waals surface area contributed by atoms with E-state index in [1.165, 1.54) is 5.56 Å². The number of rotatable bonds is 3. The number of hydrogen-bond acceptors (Lipinski definition) is 3. The molecule has 0 spiro atoms.